The molecular weight excluding hydrogens is 275 g/mol. The molecule has 0 saturated carbocycles. The van der Waals surface area contributed by atoms with Crippen molar-refractivity contribution in [3.63, 3.8) is 0 Å². The van der Waals surface area contributed by atoms with Gasteiger partial charge in [0.1, 0.15) is 5.82 Å². The van der Waals surface area contributed by atoms with Crippen LogP contribution in [0.2, 0.25) is 0 Å². The van der Waals surface area contributed by atoms with Crippen LogP contribution in [-0.2, 0) is 4.79 Å². The Morgan fingerprint density at radius 1 is 1.29 bits per heavy atom. The van der Waals surface area contributed by atoms with Crippen molar-refractivity contribution < 1.29 is 14.0 Å². The molecule has 1 aromatic rings. The number of piperazine rings is 1. The minimum Gasteiger partial charge on any atom is -0.396 e. The molecule has 0 unspecified atom stereocenters. The van der Waals surface area contributed by atoms with Crippen LogP contribution in [0.25, 0.3) is 0 Å². The number of nitrogens with zero attached hydrogens (tertiary/aromatic N) is 2. The van der Waals surface area contributed by atoms with E-state index in [1.54, 1.807) is 11.9 Å². The number of nitrogens with one attached hydrogen (secondary N) is 1. The van der Waals surface area contributed by atoms with Crippen molar-refractivity contribution in [3.8, 4) is 0 Å². The average Bonchev–Trinajstić information content (AvgIpc) is 2.50. The number of benzene rings is 1. The van der Waals surface area contributed by atoms with E-state index in [2.05, 4.69) is 5.32 Å². The molecule has 7 heteroatoms. The summed E-state index contributed by atoms with van der Waals surface area (Å²) in [6.07, 6.45) is 0. The minimum atomic E-state index is -0.584. The summed E-state index contributed by atoms with van der Waals surface area (Å²) in [4.78, 5) is 27.2. The molecule has 21 heavy (non-hydrogen) atoms. The summed E-state index contributed by atoms with van der Waals surface area (Å²) in [5, 5.41) is 2.57. The van der Waals surface area contributed by atoms with Gasteiger partial charge in [-0.2, -0.15) is 0 Å². The van der Waals surface area contributed by atoms with Gasteiger partial charge in [-0.15, -0.1) is 0 Å². The molecular formula is C14H19FN4O2. The normalized spacial score (nSPS) is 15.8. The molecule has 0 aliphatic carbocycles. The van der Waals surface area contributed by atoms with Crippen LogP contribution in [0.3, 0.4) is 0 Å². The minimum absolute atomic E-state index is 0.0296. The second kappa shape index (κ2) is 6.53. The number of hydrogen-bond donors (Lipinski definition) is 2. The fraction of sp³-hybridized carbons (Fsp3) is 0.429. The maximum Gasteiger partial charge on any atom is 0.254 e. The first-order valence-electron chi connectivity index (χ1n) is 6.78. The van der Waals surface area contributed by atoms with Crippen molar-refractivity contribution in [2.24, 2.45) is 0 Å². The molecule has 1 aromatic carbocycles. The van der Waals surface area contributed by atoms with E-state index in [0.29, 0.717) is 38.3 Å². The van der Waals surface area contributed by atoms with Gasteiger partial charge in [0.05, 0.1) is 12.2 Å². The second-order valence-electron chi connectivity index (χ2n) is 4.98. The summed E-state index contributed by atoms with van der Waals surface area (Å²) < 4.78 is 13.4. The number of nitrogen functional groups attached to an aromatic ring is 1. The molecule has 0 aromatic heterocycles. The van der Waals surface area contributed by atoms with Crippen LogP contribution in [0, 0.1) is 5.82 Å². The molecule has 0 bridgehead atoms. The van der Waals surface area contributed by atoms with Gasteiger partial charge in [0.15, 0.2) is 0 Å². The van der Waals surface area contributed by atoms with Gasteiger partial charge in [-0.05, 0) is 18.2 Å². The van der Waals surface area contributed by atoms with Crippen LogP contribution in [0.5, 0.6) is 0 Å². The Labute approximate surface area is 122 Å². The highest BCUT2D eigenvalue weighted by Gasteiger charge is 2.23. The molecule has 6 nitrogen and oxygen atoms in total. The third-order valence-corrected chi connectivity index (χ3v) is 3.55. The topological polar surface area (TPSA) is 78.7 Å². The van der Waals surface area contributed by atoms with E-state index in [9.17, 15) is 14.0 Å². The van der Waals surface area contributed by atoms with Crippen molar-refractivity contribution in [3.05, 3.63) is 29.6 Å². The Hall–Kier alpha value is -2.15. The van der Waals surface area contributed by atoms with Crippen molar-refractivity contribution in [2.45, 2.75) is 0 Å². The molecule has 3 N–H and O–H groups in total. The average molecular weight is 294 g/mol. The summed E-state index contributed by atoms with van der Waals surface area (Å²) in [6.45, 7) is 2.60. The molecule has 0 spiro atoms. The fourth-order valence-electron chi connectivity index (χ4n) is 2.23. The highest BCUT2D eigenvalue weighted by atomic mass is 19.1. The quantitative estimate of drug-likeness (QED) is 0.764. The van der Waals surface area contributed by atoms with Crippen molar-refractivity contribution in [1.82, 2.24) is 15.1 Å². The molecule has 2 amide bonds. The maximum absolute atomic E-state index is 13.4. The molecule has 114 valence electrons. The van der Waals surface area contributed by atoms with Crippen molar-refractivity contribution in [1.29, 1.82) is 0 Å². The number of carbonyl (C=O) groups excluding carboxylic acids is 2. The summed E-state index contributed by atoms with van der Waals surface area (Å²) >= 11 is 0. The van der Waals surface area contributed by atoms with Gasteiger partial charge in [-0.1, -0.05) is 0 Å². The predicted octanol–water partition coefficient (Wildman–Crippen LogP) is -0.0883. The maximum atomic E-state index is 13.4. The van der Waals surface area contributed by atoms with Crippen molar-refractivity contribution >= 4 is 17.5 Å². The van der Waals surface area contributed by atoms with Crippen LogP contribution in [-0.4, -0.2) is 61.4 Å². The third-order valence-electron chi connectivity index (χ3n) is 3.55. The van der Waals surface area contributed by atoms with E-state index in [0.717, 1.165) is 6.07 Å². The predicted molar refractivity (Wildman–Crippen MR) is 77.2 cm³/mol. The number of carbonyl (C=O) groups is 2. The fourth-order valence-corrected chi connectivity index (χ4v) is 2.23. The number of halogens is 1. The summed E-state index contributed by atoms with van der Waals surface area (Å²) in [5.41, 5.74) is 5.72. The lowest BCUT2D eigenvalue weighted by Crippen LogP contribution is -2.50. The summed E-state index contributed by atoms with van der Waals surface area (Å²) in [7, 11) is 1.60. The first kappa shape index (κ1) is 15.2. The Balaban J connectivity index is 1.93. The van der Waals surface area contributed by atoms with Gasteiger partial charge in [0, 0.05) is 38.8 Å². The smallest absolute Gasteiger partial charge is 0.254 e. The second-order valence-corrected chi connectivity index (χ2v) is 4.98. The van der Waals surface area contributed by atoms with Crippen LogP contribution in [0.1, 0.15) is 10.4 Å². The highest BCUT2D eigenvalue weighted by molar-refractivity contribution is 5.94. The monoisotopic (exact) mass is 294 g/mol. The Morgan fingerprint density at radius 3 is 2.52 bits per heavy atom. The van der Waals surface area contributed by atoms with Gasteiger partial charge < -0.3 is 16.0 Å². The van der Waals surface area contributed by atoms with Crippen molar-refractivity contribution in [2.75, 3.05) is 45.5 Å². The zero-order chi connectivity index (χ0) is 15.4. The van der Waals surface area contributed by atoms with Crippen LogP contribution in [0.15, 0.2) is 18.2 Å². The van der Waals surface area contributed by atoms with E-state index in [1.165, 1.54) is 12.1 Å². The van der Waals surface area contributed by atoms with E-state index in [-0.39, 0.29) is 17.5 Å². The van der Waals surface area contributed by atoms with E-state index in [1.807, 2.05) is 4.90 Å². The molecule has 1 fully saturated rings. The lowest BCUT2D eigenvalue weighted by Gasteiger charge is -2.34. The largest absolute Gasteiger partial charge is 0.396 e. The van der Waals surface area contributed by atoms with E-state index < -0.39 is 5.82 Å². The Morgan fingerprint density at radius 2 is 1.95 bits per heavy atom. The van der Waals surface area contributed by atoms with Crippen LogP contribution < -0.4 is 11.1 Å². The molecule has 1 heterocycles. The lowest BCUT2D eigenvalue weighted by molar-refractivity contribution is -0.122. The molecule has 1 aliphatic heterocycles. The Kier molecular flexibility index (Phi) is 4.74. The Bertz CT molecular complexity index is 542. The van der Waals surface area contributed by atoms with E-state index in [4.69, 9.17) is 5.73 Å². The lowest BCUT2D eigenvalue weighted by atomic mass is 10.1. The third kappa shape index (κ3) is 3.69. The molecule has 2 rings (SSSR count). The number of rotatable bonds is 3. The molecule has 1 saturated heterocycles. The van der Waals surface area contributed by atoms with Gasteiger partial charge in [0.25, 0.3) is 5.91 Å². The molecule has 0 atom stereocenters. The van der Waals surface area contributed by atoms with Gasteiger partial charge >= 0.3 is 0 Å². The number of anilines is 1. The zero-order valence-corrected chi connectivity index (χ0v) is 11.9. The summed E-state index contributed by atoms with van der Waals surface area (Å²) in [5.74, 6) is -0.844. The van der Waals surface area contributed by atoms with Crippen LogP contribution >= 0.6 is 0 Å². The van der Waals surface area contributed by atoms with Crippen LogP contribution in [0.4, 0.5) is 10.1 Å². The number of nitrogens with two attached hydrogens (primary N) is 1. The SMILES string of the molecule is CNC(=O)CN1CCN(C(=O)c2ccc(N)c(F)c2)CC1. The zero-order valence-electron chi connectivity index (χ0n) is 11.9. The van der Waals surface area contributed by atoms with E-state index >= 15 is 0 Å². The first-order chi connectivity index (χ1) is 10.0. The number of amides is 2. The van der Waals surface area contributed by atoms with Gasteiger partial charge in [0.2, 0.25) is 5.91 Å². The molecule has 1 aliphatic rings. The first-order valence-corrected chi connectivity index (χ1v) is 6.78. The van der Waals surface area contributed by atoms with Gasteiger partial charge in [-0.25, -0.2) is 4.39 Å². The number of likely N-dealkylation sites (N-methyl/N-ethyl adjacent to an activating group) is 1. The van der Waals surface area contributed by atoms with Gasteiger partial charge in [-0.3, -0.25) is 14.5 Å². The number of hydrogen-bond acceptors (Lipinski definition) is 4. The summed E-state index contributed by atoms with van der Waals surface area (Å²) in [6, 6.07) is 4.08. The highest BCUT2D eigenvalue weighted by Crippen LogP contribution is 2.14. The standard InChI is InChI=1S/C14H19FN4O2/c1-17-13(20)9-18-4-6-19(7-5-18)14(21)10-2-3-12(16)11(15)8-10/h2-3,8H,4-7,9,16H2,1H3,(H,17,20). The molecule has 0 radical (unpaired) electrons.